The molecule has 0 aliphatic carbocycles. The summed E-state index contributed by atoms with van der Waals surface area (Å²) in [6.07, 6.45) is -3.89. The van der Waals surface area contributed by atoms with E-state index in [1.54, 1.807) is 6.07 Å². The van der Waals surface area contributed by atoms with Crippen molar-refractivity contribution in [3.63, 3.8) is 0 Å². The maximum absolute atomic E-state index is 12.0. The van der Waals surface area contributed by atoms with Crippen LogP contribution < -0.4 is 5.73 Å². The van der Waals surface area contributed by atoms with E-state index in [1.165, 1.54) is 12.3 Å². The zero-order valence-corrected chi connectivity index (χ0v) is 8.64. The Morgan fingerprint density at radius 2 is 2.07 bits per heavy atom. The SMILES string of the molecule is N[C@H](CC(F)(F)F)c1ccc(Br)cn1. The maximum Gasteiger partial charge on any atom is 0.390 e. The molecule has 0 unspecified atom stereocenters. The van der Waals surface area contributed by atoms with Crippen LogP contribution in [0.5, 0.6) is 0 Å². The molecule has 1 rings (SSSR count). The van der Waals surface area contributed by atoms with Crippen molar-refractivity contribution >= 4 is 15.9 Å². The second kappa shape index (κ2) is 4.27. The van der Waals surface area contributed by atoms with Gasteiger partial charge in [0.1, 0.15) is 0 Å². The Hall–Kier alpha value is -0.620. The monoisotopic (exact) mass is 268 g/mol. The van der Waals surface area contributed by atoms with Gasteiger partial charge in [-0.25, -0.2) is 0 Å². The smallest absolute Gasteiger partial charge is 0.322 e. The van der Waals surface area contributed by atoms with Gasteiger partial charge in [-0.1, -0.05) is 0 Å². The first kappa shape index (κ1) is 11.5. The summed E-state index contributed by atoms with van der Waals surface area (Å²) in [6.45, 7) is 0. The number of nitrogens with zero attached hydrogens (tertiary/aromatic N) is 1. The lowest BCUT2D eigenvalue weighted by molar-refractivity contribution is -0.138. The maximum atomic E-state index is 12.0. The first-order valence-electron chi connectivity index (χ1n) is 3.82. The molecule has 6 heteroatoms. The highest BCUT2D eigenvalue weighted by Crippen LogP contribution is 2.27. The lowest BCUT2D eigenvalue weighted by Crippen LogP contribution is -2.21. The van der Waals surface area contributed by atoms with Crippen LogP contribution in [0.4, 0.5) is 13.2 Å². The third-order valence-electron chi connectivity index (χ3n) is 1.58. The van der Waals surface area contributed by atoms with Crippen LogP contribution in [0.25, 0.3) is 0 Å². The van der Waals surface area contributed by atoms with Crippen molar-refractivity contribution in [1.82, 2.24) is 4.98 Å². The van der Waals surface area contributed by atoms with Gasteiger partial charge in [0.2, 0.25) is 0 Å². The van der Waals surface area contributed by atoms with Crippen molar-refractivity contribution in [2.24, 2.45) is 5.73 Å². The molecule has 0 aliphatic rings. The first-order chi connectivity index (χ1) is 6.38. The van der Waals surface area contributed by atoms with Crippen LogP contribution in [0, 0.1) is 0 Å². The number of aromatic nitrogens is 1. The standard InChI is InChI=1S/C8H8BrF3N2/c9-5-1-2-7(14-4-5)6(13)3-8(10,11)12/h1-2,4,6H,3,13H2/t6-/m1/s1. The van der Waals surface area contributed by atoms with E-state index in [1.807, 2.05) is 0 Å². The van der Waals surface area contributed by atoms with Crippen molar-refractivity contribution in [3.05, 3.63) is 28.5 Å². The Balaban J connectivity index is 2.70. The molecule has 1 atom stereocenters. The fourth-order valence-electron chi connectivity index (χ4n) is 0.961. The van der Waals surface area contributed by atoms with Crippen LogP contribution in [-0.4, -0.2) is 11.2 Å². The van der Waals surface area contributed by atoms with Gasteiger partial charge in [-0.2, -0.15) is 13.2 Å². The highest BCUT2D eigenvalue weighted by Gasteiger charge is 2.31. The van der Waals surface area contributed by atoms with Gasteiger partial charge >= 0.3 is 6.18 Å². The molecule has 0 aromatic carbocycles. The number of halogens is 4. The van der Waals surface area contributed by atoms with E-state index in [9.17, 15) is 13.2 Å². The predicted octanol–water partition coefficient (Wildman–Crippen LogP) is 2.80. The highest BCUT2D eigenvalue weighted by atomic mass is 79.9. The Morgan fingerprint density at radius 3 is 2.50 bits per heavy atom. The number of hydrogen-bond donors (Lipinski definition) is 1. The normalized spacial score (nSPS) is 14.1. The summed E-state index contributed by atoms with van der Waals surface area (Å²) in [5.41, 5.74) is 5.57. The molecule has 0 saturated carbocycles. The molecular formula is C8H8BrF3N2. The number of nitrogens with two attached hydrogens (primary N) is 1. The minimum absolute atomic E-state index is 0.241. The predicted molar refractivity (Wildman–Crippen MR) is 49.5 cm³/mol. The van der Waals surface area contributed by atoms with Crippen LogP contribution in [0.3, 0.4) is 0 Å². The van der Waals surface area contributed by atoms with Gasteiger partial charge in [-0.3, -0.25) is 4.98 Å². The summed E-state index contributed by atoms with van der Waals surface area (Å²) in [6, 6.07) is 1.99. The second-order valence-corrected chi connectivity index (χ2v) is 3.74. The van der Waals surface area contributed by atoms with Gasteiger partial charge < -0.3 is 5.73 Å². The molecule has 1 aromatic heterocycles. The molecule has 0 spiro atoms. The van der Waals surface area contributed by atoms with Gasteiger partial charge in [-0.15, -0.1) is 0 Å². The van der Waals surface area contributed by atoms with Crippen molar-refractivity contribution in [2.45, 2.75) is 18.6 Å². The summed E-state index contributed by atoms with van der Waals surface area (Å²) in [5, 5.41) is 0. The Labute approximate surface area is 87.4 Å². The van der Waals surface area contributed by atoms with Gasteiger partial charge in [0, 0.05) is 10.7 Å². The van der Waals surface area contributed by atoms with E-state index in [0.29, 0.717) is 4.47 Å². The molecule has 2 N–H and O–H groups in total. The van der Waals surface area contributed by atoms with E-state index in [2.05, 4.69) is 20.9 Å². The molecule has 78 valence electrons. The second-order valence-electron chi connectivity index (χ2n) is 2.83. The third kappa shape index (κ3) is 3.63. The van der Waals surface area contributed by atoms with Crippen LogP contribution in [-0.2, 0) is 0 Å². The summed E-state index contributed by atoms with van der Waals surface area (Å²) in [4.78, 5) is 3.79. The largest absolute Gasteiger partial charge is 0.390 e. The summed E-state index contributed by atoms with van der Waals surface area (Å²) >= 11 is 3.13. The Bertz CT molecular complexity index is 296. The van der Waals surface area contributed by atoms with E-state index in [4.69, 9.17) is 5.73 Å². The van der Waals surface area contributed by atoms with Gasteiger partial charge in [0.05, 0.1) is 18.2 Å². The van der Waals surface area contributed by atoms with Crippen LogP contribution in [0.2, 0.25) is 0 Å². The average molecular weight is 269 g/mol. The van der Waals surface area contributed by atoms with Gasteiger partial charge in [-0.05, 0) is 28.1 Å². The molecule has 0 radical (unpaired) electrons. The summed E-state index contributed by atoms with van der Waals surface area (Å²) < 4.78 is 36.6. The minimum atomic E-state index is -4.26. The number of hydrogen-bond acceptors (Lipinski definition) is 2. The molecule has 2 nitrogen and oxygen atoms in total. The molecule has 0 amide bonds. The zero-order valence-electron chi connectivity index (χ0n) is 7.05. The van der Waals surface area contributed by atoms with Crippen LogP contribution in [0.1, 0.15) is 18.2 Å². The Morgan fingerprint density at radius 1 is 1.43 bits per heavy atom. The molecule has 0 bridgehead atoms. The van der Waals surface area contributed by atoms with Crippen LogP contribution in [0.15, 0.2) is 22.8 Å². The lowest BCUT2D eigenvalue weighted by atomic mass is 10.1. The molecule has 0 fully saturated rings. The summed E-state index contributed by atoms with van der Waals surface area (Å²) in [5.74, 6) is 0. The van der Waals surface area contributed by atoms with E-state index in [-0.39, 0.29) is 5.69 Å². The fraction of sp³-hybridized carbons (Fsp3) is 0.375. The quantitative estimate of drug-likeness (QED) is 0.896. The highest BCUT2D eigenvalue weighted by molar-refractivity contribution is 9.10. The van der Waals surface area contributed by atoms with Crippen molar-refractivity contribution < 1.29 is 13.2 Å². The van der Waals surface area contributed by atoms with E-state index < -0.39 is 18.6 Å². The molecular weight excluding hydrogens is 261 g/mol. The molecule has 1 heterocycles. The summed E-state index contributed by atoms with van der Waals surface area (Å²) in [7, 11) is 0. The Kier molecular flexibility index (Phi) is 3.49. The molecule has 1 aromatic rings. The third-order valence-corrected chi connectivity index (χ3v) is 2.05. The van der Waals surface area contributed by atoms with Gasteiger partial charge in [0.15, 0.2) is 0 Å². The molecule has 14 heavy (non-hydrogen) atoms. The van der Waals surface area contributed by atoms with E-state index >= 15 is 0 Å². The first-order valence-corrected chi connectivity index (χ1v) is 4.61. The molecule has 0 saturated heterocycles. The number of alkyl halides is 3. The van der Waals surface area contributed by atoms with Crippen molar-refractivity contribution in [3.8, 4) is 0 Å². The molecule has 0 aliphatic heterocycles. The lowest BCUT2D eigenvalue weighted by Gasteiger charge is -2.13. The van der Waals surface area contributed by atoms with Crippen LogP contribution >= 0.6 is 15.9 Å². The number of pyridine rings is 1. The zero-order chi connectivity index (χ0) is 10.8. The average Bonchev–Trinajstić information content (AvgIpc) is 2.02. The number of rotatable bonds is 2. The van der Waals surface area contributed by atoms with Crippen molar-refractivity contribution in [1.29, 1.82) is 0 Å². The van der Waals surface area contributed by atoms with Gasteiger partial charge in [0.25, 0.3) is 0 Å². The minimum Gasteiger partial charge on any atom is -0.322 e. The van der Waals surface area contributed by atoms with E-state index in [0.717, 1.165) is 0 Å². The fourth-order valence-corrected chi connectivity index (χ4v) is 1.20. The van der Waals surface area contributed by atoms with Crippen molar-refractivity contribution in [2.75, 3.05) is 0 Å². The topological polar surface area (TPSA) is 38.9 Å².